The van der Waals surface area contributed by atoms with Gasteiger partial charge in [-0.25, -0.2) is 0 Å². The quantitative estimate of drug-likeness (QED) is 0.737. The maximum atomic E-state index is 5.74. The van der Waals surface area contributed by atoms with E-state index in [1.165, 1.54) is 32.1 Å². The number of hydrogen-bond acceptors (Lipinski definition) is 1. The molecular weight excluding hydrogens is 182 g/mol. The second kappa shape index (κ2) is 4.02. The van der Waals surface area contributed by atoms with E-state index < -0.39 is 0 Å². The van der Waals surface area contributed by atoms with Gasteiger partial charge in [-0.1, -0.05) is 31.0 Å². The molecule has 1 nitrogen and oxygen atoms in total. The first kappa shape index (κ1) is 9.54. The Morgan fingerprint density at radius 2 is 2.00 bits per heavy atom. The minimum absolute atomic E-state index is 0.725. The largest absolute Gasteiger partial charge is 0.309 e. The second-order valence-electron chi connectivity index (χ2n) is 4.52. The molecule has 1 N–H and O–H groups in total. The molecule has 0 spiro atoms. The Morgan fingerprint density at radius 3 is 2.46 bits per heavy atom. The third kappa shape index (κ3) is 2.26. The summed E-state index contributed by atoms with van der Waals surface area (Å²) < 4.78 is 0. The maximum Gasteiger partial charge on any atom is 0.0310 e. The van der Waals surface area contributed by atoms with E-state index in [1.54, 1.807) is 0 Å². The number of fused-ring (bicyclic) bond motifs is 3. The van der Waals surface area contributed by atoms with Crippen LogP contribution in [0.2, 0.25) is 0 Å². The first-order valence-electron chi connectivity index (χ1n) is 5.32. The summed E-state index contributed by atoms with van der Waals surface area (Å²) >= 11 is 5.74. The molecular formula is C11H18ClN. The van der Waals surface area contributed by atoms with Crippen LogP contribution in [0.5, 0.6) is 0 Å². The summed E-state index contributed by atoms with van der Waals surface area (Å²) in [6.45, 7) is 4.49. The van der Waals surface area contributed by atoms with Gasteiger partial charge in [0.05, 0.1) is 0 Å². The molecule has 3 saturated carbocycles. The van der Waals surface area contributed by atoms with Gasteiger partial charge in [0.15, 0.2) is 0 Å². The first-order chi connectivity index (χ1) is 6.25. The Kier molecular flexibility index (Phi) is 2.95. The highest BCUT2D eigenvalue weighted by molar-refractivity contribution is 6.29. The van der Waals surface area contributed by atoms with E-state index in [0.29, 0.717) is 0 Å². The van der Waals surface area contributed by atoms with Crippen LogP contribution in [-0.2, 0) is 0 Å². The summed E-state index contributed by atoms with van der Waals surface area (Å²) in [4.78, 5) is 0. The molecule has 0 aliphatic heterocycles. The van der Waals surface area contributed by atoms with Gasteiger partial charge in [0.25, 0.3) is 0 Å². The average molecular weight is 200 g/mol. The van der Waals surface area contributed by atoms with E-state index in [1.807, 2.05) is 0 Å². The minimum Gasteiger partial charge on any atom is -0.309 e. The fourth-order valence-corrected chi connectivity index (χ4v) is 2.95. The van der Waals surface area contributed by atoms with Gasteiger partial charge in [0.2, 0.25) is 0 Å². The van der Waals surface area contributed by atoms with Crippen LogP contribution in [0.25, 0.3) is 0 Å². The third-order valence-corrected chi connectivity index (χ3v) is 3.74. The predicted octanol–water partition coefficient (Wildman–Crippen LogP) is 2.91. The Balaban J connectivity index is 1.83. The smallest absolute Gasteiger partial charge is 0.0310 e. The molecule has 0 aromatic carbocycles. The van der Waals surface area contributed by atoms with Crippen LogP contribution in [0, 0.1) is 11.8 Å². The number of halogens is 1. The van der Waals surface area contributed by atoms with Crippen LogP contribution < -0.4 is 5.32 Å². The van der Waals surface area contributed by atoms with Crippen molar-refractivity contribution in [3.05, 3.63) is 11.6 Å². The van der Waals surface area contributed by atoms with Gasteiger partial charge >= 0.3 is 0 Å². The summed E-state index contributed by atoms with van der Waals surface area (Å²) in [6, 6.07) is 0.725. The van der Waals surface area contributed by atoms with Crippen molar-refractivity contribution in [2.45, 2.75) is 38.1 Å². The first-order valence-corrected chi connectivity index (χ1v) is 5.70. The van der Waals surface area contributed by atoms with Crippen molar-refractivity contribution in [2.75, 3.05) is 6.54 Å². The third-order valence-electron chi connectivity index (χ3n) is 3.60. The SMILES string of the molecule is C=C(Cl)CNC1CC2CCC1CC2. The van der Waals surface area contributed by atoms with Crippen LogP contribution >= 0.6 is 11.6 Å². The van der Waals surface area contributed by atoms with Crippen molar-refractivity contribution >= 4 is 11.6 Å². The van der Waals surface area contributed by atoms with E-state index in [0.717, 1.165) is 29.5 Å². The zero-order valence-corrected chi connectivity index (χ0v) is 8.82. The molecule has 3 rings (SSSR count). The van der Waals surface area contributed by atoms with Crippen molar-refractivity contribution in [3.63, 3.8) is 0 Å². The van der Waals surface area contributed by atoms with Crippen molar-refractivity contribution < 1.29 is 0 Å². The van der Waals surface area contributed by atoms with E-state index in [-0.39, 0.29) is 0 Å². The van der Waals surface area contributed by atoms with Crippen LogP contribution in [0.4, 0.5) is 0 Å². The average Bonchev–Trinajstić information content (AvgIpc) is 2.17. The van der Waals surface area contributed by atoms with Crippen molar-refractivity contribution in [1.29, 1.82) is 0 Å². The van der Waals surface area contributed by atoms with Gasteiger partial charge < -0.3 is 5.32 Å². The summed E-state index contributed by atoms with van der Waals surface area (Å²) in [6.07, 6.45) is 7.15. The molecule has 0 aromatic rings. The molecule has 2 bridgehead atoms. The molecule has 3 fully saturated rings. The van der Waals surface area contributed by atoms with Crippen LogP contribution in [0.3, 0.4) is 0 Å². The van der Waals surface area contributed by atoms with Crippen molar-refractivity contribution in [3.8, 4) is 0 Å². The lowest BCUT2D eigenvalue weighted by atomic mass is 9.68. The molecule has 0 aromatic heterocycles. The van der Waals surface area contributed by atoms with Gasteiger partial charge in [-0.2, -0.15) is 0 Å². The topological polar surface area (TPSA) is 12.0 Å². The normalized spacial score (nSPS) is 37.8. The lowest BCUT2D eigenvalue weighted by molar-refractivity contribution is 0.126. The number of rotatable bonds is 3. The molecule has 0 radical (unpaired) electrons. The Labute approximate surface area is 85.5 Å². The molecule has 1 atom stereocenters. The molecule has 0 saturated heterocycles. The lowest BCUT2D eigenvalue weighted by Crippen LogP contribution is -2.45. The standard InChI is InChI=1S/C11H18ClN/c1-8(12)7-13-11-6-9-2-4-10(11)5-3-9/h9-11,13H,1-7H2. The van der Waals surface area contributed by atoms with Crippen LogP contribution in [-0.4, -0.2) is 12.6 Å². The highest BCUT2D eigenvalue weighted by Gasteiger charge is 2.34. The van der Waals surface area contributed by atoms with Gasteiger partial charge in [0, 0.05) is 17.6 Å². The van der Waals surface area contributed by atoms with Gasteiger partial charge in [-0.3, -0.25) is 0 Å². The minimum atomic E-state index is 0.725. The van der Waals surface area contributed by atoms with Gasteiger partial charge in [0.1, 0.15) is 0 Å². The monoisotopic (exact) mass is 199 g/mol. The van der Waals surface area contributed by atoms with Gasteiger partial charge in [-0.05, 0) is 31.1 Å². The zero-order valence-electron chi connectivity index (χ0n) is 8.06. The van der Waals surface area contributed by atoms with E-state index >= 15 is 0 Å². The molecule has 3 aliphatic rings. The number of hydrogen-bond donors (Lipinski definition) is 1. The highest BCUT2D eigenvalue weighted by atomic mass is 35.5. The van der Waals surface area contributed by atoms with E-state index in [9.17, 15) is 0 Å². The summed E-state index contributed by atoms with van der Waals surface area (Å²) in [5, 5.41) is 4.26. The molecule has 74 valence electrons. The molecule has 0 amide bonds. The molecule has 2 heteroatoms. The van der Waals surface area contributed by atoms with Crippen molar-refractivity contribution in [2.24, 2.45) is 11.8 Å². The summed E-state index contributed by atoms with van der Waals surface area (Å²) in [5.41, 5.74) is 0. The van der Waals surface area contributed by atoms with Crippen LogP contribution in [0.15, 0.2) is 11.6 Å². The number of nitrogens with one attached hydrogen (secondary N) is 1. The summed E-state index contributed by atoms with van der Waals surface area (Å²) in [7, 11) is 0. The maximum absolute atomic E-state index is 5.74. The molecule has 0 heterocycles. The highest BCUT2D eigenvalue weighted by Crippen LogP contribution is 2.41. The summed E-state index contributed by atoms with van der Waals surface area (Å²) in [5.74, 6) is 1.91. The zero-order chi connectivity index (χ0) is 9.26. The van der Waals surface area contributed by atoms with Gasteiger partial charge in [-0.15, -0.1) is 0 Å². The Bertz CT molecular complexity index is 194. The predicted molar refractivity (Wildman–Crippen MR) is 56.8 cm³/mol. The van der Waals surface area contributed by atoms with E-state index in [2.05, 4.69) is 11.9 Å². The lowest BCUT2D eigenvalue weighted by Gasteiger charge is -2.42. The molecule has 3 aliphatic carbocycles. The molecule has 13 heavy (non-hydrogen) atoms. The second-order valence-corrected chi connectivity index (χ2v) is 5.06. The Morgan fingerprint density at radius 1 is 1.31 bits per heavy atom. The van der Waals surface area contributed by atoms with Crippen LogP contribution in [0.1, 0.15) is 32.1 Å². The molecule has 1 unspecified atom stereocenters. The fraction of sp³-hybridized carbons (Fsp3) is 0.818. The fourth-order valence-electron chi connectivity index (χ4n) is 2.87. The van der Waals surface area contributed by atoms with Crippen molar-refractivity contribution in [1.82, 2.24) is 5.32 Å². The Hall–Kier alpha value is -0.0100. The van der Waals surface area contributed by atoms with E-state index in [4.69, 9.17) is 11.6 Å².